The Kier molecular flexibility index (Phi) is 13.7. The number of nitrogens with one attached hydrogen (secondary N) is 1. The molecule has 0 aromatic heterocycles. The summed E-state index contributed by atoms with van der Waals surface area (Å²) in [5.41, 5.74) is 0. The Morgan fingerprint density at radius 1 is 0.878 bits per heavy atom. The predicted octanol–water partition coefficient (Wildman–Crippen LogP) is -5.87. The largest absolute Gasteiger partial charge is 0.477 e. The maximum absolute atomic E-state index is 12.7. The number of aliphatic carboxylic acids is 1. The van der Waals surface area contributed by atoms with Crippen LogP contribution in [-0.4, -0.2) is 191 Å². The van der Waals surface area contributed by atoms with E-state index in [1.165, 1.54) is 6.92 Å². The molecule has 3 heterocycles. The molecule has 0 spiro atoms. The maximum Gasteiger partial charge on any atom is 0.364 e. The second-order valence-corrected chi connectivity index (χ2v) is 13.0. The smallest absolute Gasteiger partial charge is 0.364 e. The number of aliphatic hydroxyl groups excluding tert-OH is 10. The van der Waals surface area contributed by atoms with E-state index in [2.05, 4.69) is 5.32 Å². The summed E-state index contributed by atoms with van der Waals surface area (Å²) >= 11 is 0. The van der Waals surface area contributed by atoms with Crippen LogP contribution in [0.3, 0.4) is 0 Å². The van der Waals surface area contributed by atoms with Gasteiger partial charge in [-0.05, 0) is 19.8 Å². The predicted molar refractivity (Wildman–Crippen MR) is 156 cm³/mol. The molecule has 17 unspecified atom stereocenters. The highest BCUT2D eigenvalue weighted by atomic mass is 16.8. The standard InChI is InChI=1S/C29H49NO19/c1-10-18(36)21(39)22(40)26(44-10)45-14-5-3-4-6-15(14)46-27-23(41)25(20(38)16(9-32)47-27)49-29(28(42)43)7-12(34)17(30-11(2)33)24(48-29)19(37)13(35)8-31/h10,12-27,31-32,34-41H,3-9H2,1-2H3,(H,30,33)(H,42,43)/t10?,12?,13?,14?,15?,16-,17?,18?,19?,20?,21?,22?,23?,24?,25?,26?,27?,29?/m1/s1. The van der Waals surface area contributed by atoms with Gasteiger partial charge in [0.2, 0.25) is 5.91 Å². The Hall–Kier alpha value is -1.70. The van der Waals surface area contributed by atoms with E-state index < -0.39 is 141 Å². The highest BCUT2D eigenvalue weighted by Gasteiger charge is 2.59. The Balaban J connectivity index is 1.57. The van der Waals surface area contributed by atoms with Crippen molar-refractivity contribution < 1.29 is 94.2 Å². The quantitative estimate of drug-likeness (QED) is 0.0895. The van der Waals surface area contributed by atoms with Gasteiger partial charge in [-0.15, -0.1) is 0 Å². The zero-order valence-electron chi connectivity index (χ0n) is 27.0. The minimum absolute atomic E-state index is 0.324. The summed E-state index contributed by atoms with van der Waals surface area (Å²) < 4.78 is 34.5. The third-order valence-corrected chi connectivity index (χ3v) is 9.40. The molecule has 20 nitrogen and oxygen atoms in total. The molecule has 4 aliphatic rings. The molecule has 1 saturated carbocycles. The van der Waals surface area contributed by atoms with Gasteiger partial charge in [-0.3, -0.25) is 4.79 Å². The fourth-order valence-electron chi connectivity index (χ4n) is 6.62. The molecule has 1 amide bonds. The van der Waals surface area contributed by atoms with E-state index in [1.807, 2.05) is 0 Å². The van der Waals surface area contributed by atoms with E-state index in [0.29, 0.717) is 25.7 Å². The van der Waals surface area contributed by atoms with E-state index in [-0.39, 0.29) is 0 Å². The van der Waals surface area contributed by atoms with Crippen LogP contribution in [0, 0.1) is 0 Å². The van der Waals surface area contributed by atoms with Crippen molar-refractivity contribution in [2.24, 2.45) is 0 Å². The minimum atomic E-state index is -2.95. The van der Waals surface area contributed by atoms with Crippen LogP contribution >= 0.6 is 0 Å². The summed E-state index contributed by atoms with van der Waals surface area (Å²) in [4.78, 5) is 24.6. The van der Waals surface area contributed by atoms with Crippen molar-refractivity contribution in [3.8, 4) is 0 Å². The number of ether oxygens (including phenoxy) is 6. The summed E-state index contributed by atoms with van der Waals surface area (Å²) in [6.07, 6.45) is -24.2. The molecule has 4 fully saturated rings. The molecule has 0 aromatic carbocycles. The Morgan fingerprint density at radius 2 is 1.47 bits per heavy atom. The summed E-state index contributed by atoms with van der Waals surface area (Å²) in [7, 11) is 0. The van der Waals surface area contributed by atoms with Crippen LogP contribution in [0.4, 0.5) is 0 Å². The Bertz CT molecular complexity index is 1100. The van der Waals surface area contributed by atoms with Crippen molar-refractivity contribution in [1.29, 1.82) is 0 Å². The number of carboxylic acid groups (broad SMARTS) is 1. The average Bonchev–Trinajstić information content (AvgIpc) is 3.06. The van der Waals surface area contributed by atoms with E-state index in [9.17, 15) is 65.8 Å². The first-order valence-electron chi connectivity index (χ1n) is 16.2. The fraction of sp³-hybridized carbons (Fsp3) is 0.931. The summed E-state index contributed by atoms with van der Waals surface area (Å²) in [6, 6.07) is -1.50. The average molecular weight is 716 g/mol. The lowest BCUT2D eigenvalue weighted by Gasteiger charge is -2.50. The fourth-order valence-corrected chi connectivity index (χ4v) is 6.62. The van der Waals surface area contributed by atoms with Crippen LogP contribution in [-0.2, 0) is 38.0 Å². The molecule has 284 valence electrons. The number of carboxylic acids is 1. The first kappa shape index (κ1) is 40.1. The molecule has 4 rings (SSSR count). The topological polar surface area (TPSA) is 324 Å². The maximum atomic E-state index is 12.7. The van der Waals surface area contributed by atoms with Crippen molar-refractivity contribution in [3.63, 3.8) is 0 Å². The number of aliphatic hydroxyl groups is 10. The summed E-state index contributed by atoms with van der Waals surface area (Å²) in [5.74, 6) is -5.57. The Morgan fingerprint density at radius 3 is 2.00 bits per heavy atom. The van der Waals surface area contributed by atoms with Gasteiger partial charge in [-0.25, -0.2) is 4.79 Å². The summed E-state index contributed by atoms with van der Waals surface area (Å²) in [6.45, 7) is 0.669. The van der Waals surface area contributed by atoms with Gasteiger partial charge in [0.05, 0.1) is 43.7 Å². The molecule has 0 radical (unpaired) electrons. The van der Waals surface area contributed by atoms with Gasteiger partial charge in [0.1, 0.15) is 61.0 Å². The third kappa shape index (κ3) is 8.68. The molecule has 0 aromatic rings. The number of hydrogen-bond donors (Lipinski definition) is 12. The molecular formula is C29H49NO19. The van der Waals surface area contributed by atoms with Crippen LogP contribution in [0.25, 0.3) is 0 Å². The van der Waals surface area contributed by atoms with Gasteiger partial charge < -0.3 is 89.9 Å². The lowest BCUT2D eigenvalue weighted by molar-refractivity contribution is -0.378. The van der Waals surface area contributed by atoms with Crippen LogP contribution in [0.2, 0.25) is 0 Å². The van der Waals surface area contributed by atoms with Crippen LogP contribution in [0.1, 0.15) is 46.0 Å². The minimum Gasteiger partial charge on any atom is -0.477 e. The number of carbonyl (C=O) groups is 2. The summed E-state index contributed by atoms with van der Waals surface area (Å²) in [5, 5.41) is 117. The number of carbonyl (C=O) groups excluding carboxylic acids is 1. The lowest BCUT2D eigenvalue weighted by Crippen LogP contribution is -2.70. The molecule has 49 heavy (non-hydrogen) atoms. The molecule has 3 saturated heterocycles. The SMILES string of the molecule is CC(=O)NC1C(O)CC(OC2C(O)C(OC3CCCCC3OC3OC(C)C(O)C(O)C3O)O[C@H](CO)C2O)(C(=O)O)OC1C(O)C(O)CO. The highest BCUT2D eigenvalue weighted by Crippen LogP contribution is 2.38. The monoisotopic (exact) mass is 715 g/mol. The molecule has 12 N–H and O–H groups in total. The molecule has 3 aliphatic heterocycles. The number of hydrogen-bond acceptors (Lipinski definition) is 18. The van der Waals surface area contributed by atoms with Crippen molar-refractivity contribution in [3.05, 3.63) is 0 Å². The number of amides is 1. The second kappa shape index (κ2) is 16.8. The van der Waals surface area contributed by atoms with Crippen molar-refractivity contribution in [1.82, 2.24) is 5.32 Å². The molecular weight excluding hydrogens is 666 g/mol. The number of rotatable bonds is 12. The lowest BCUT2D eigenvalue weighted by atomic mass is 9.88. The van der Waals surface area contributed by atoms with Gasteiger partial charge in [0.25, 0.3) is 5.79 Å². The van der Waals surface area contributed by atoms with Crippen LogP contribution in [0.5, 0.6) is 0 Å². The van der Waals surface area contributed by atoms with Gasteiger partial charge >= 0.3 is 5.97 Å². The molecule has 1 aliphatic carbocycles. The van der Waals surface area contributed by atoms with E-state index in [0.717, 1.165) is 6.92 Å². The third-order valence-electron chi connectivity index (χ3n) is 9.40. The first-order chi connectivity index (χ1) is 23.0. The van der Waals surface area contributed by atoms with Crippen molar-refractivity contribution in [2.45, 2.75) is 156 Å². The van der Waals surface area contributed by atoms with E-state index in [1.54, 1.807) is 0 Å². The second-order valence-electron chi connectivity index (χ2n) is 13.0. The molecule has 18 atom stereocenters. The first-order valence-corrected chi connectivity index (χ1v) is 16.2. The van der Waals surface area contributed by atoms with Crippen molar-refractivity contribution in [2.75, 3.05) is 13.2 Å². The Labute approximate surface area is 280 Å². The molecule has 20 heteroatoms. The van der Waals surface area contributed by atoms with Gasteiger partial charge in [-0.2, -0.15) is 0 Å². The van der Waals surface area contributed by atoms with Crippen molar-refractivity contribution >= 4 is 11.9 Å². The van der Waals surface area contributed by atoms with Gasteiger partial charge in [0, 0.05) is 13.3 Å². The van der Waals surface area contributed by atoms with Crippen LogP contribution in [0.15, 0.2) is 0 Å². The highest BCUT2D eigenvalue weighted by molar-refractivity contribution is 5.76. The zero-order chi connectivity index (χ0) is 36.4. The molecule has 0 bridgehead atoms. The zero-order valence-corrected chi connectivity index (χ0v) is 27.0. The van der Waals surface area contributed by atoms with Gasteiger partial charge in [0.15, 0.2) is 12.6 Å². The van der Waals surface area contributed by atoms with E-state index in [4.69, 9.17) is 28.4 Å². The van der Waals surface area contributed by atoms with Crippen LogP contribution < -0.4 is 5.32 Å². The normalized spacial score (nSPS) is 46.1. The van der Waals surface area contributed by atoms with Gasteiger partial charge in [-0.1, -0.05) is 12.8 Å². The van der Waals surface area contributed by atoms with E-state index >= 15 is 0 Å².